The van der Waals surface area contributed by atoms with Gasteiger partial charge < -0.3 is 15.5 Å². The number of carbonyl (C=O) groups is 1. The number of fused-ring (bicyclic) bond motifs is 1. The summed E-state index contributed by atoms with van der Waals surface area (Å²) in [5, 5.41) is 1.07. The fourth-order valence-electron chi connectivity index (χ4n) is 2.00. The minimum Gasteiger partial charge on any atom is -0.443 e. The number of esters is 1. The normalized spacial score (nSPS) is 15.8. The smallest absolute Gasteiger partial charge is 0.325 e. The molecule has 0 aliphatic rings. The van der Waals surface area contributed by atoms with Crippen LogP contribution in [0.2, 0.25) is 0 Å². The van der Waals surface area contributed by atoms with Gasteiger partial charge in [-0.2, -0.15) is 0 Å². The molecule has 1 aromatic heterocycles. The Labute approximate surface area is 118 Å². The number of benzene rings is 1. The molecule has 5 nitrogen and oxygen atoms in total. The van der Waals surface area contributed by atoms with Crippen LogP contribution in [0.1, 0.15) is 25.8 Å². The van der Waals surface area contributed by atoms with Gasteiger partial charge >= 0.3 is 5.97 Å². The van der Waals surface area contributed by atoms with Gasteiger partial charge in [-0.05, 0) is 25.0 Å². The number of aromatic nitrogens is 1. The maximum absolute atomic E-state index is 11.9. The van der Waals surface area contributed by atoms with Gasteiger partial charge in [0.2, 0.25) is 0 Å². The number of nitrogens with one attached hydrogen (secondary N) is 1. The van der Waals surface area contributed by atoms with Crippen molar-refractivity contribution in [1.29, 1.82) is 0 Å². The van der Waals surface area contributed by atoms with Gasteiger partial charge in [-0.3, -0.25) is 10.5 Å². The third kappa shape index (κ3) is 3.18. The topological polar surface area (TPSA) is 94.1 Å². The number of ether oxygens (including phenoxy) is 1. The van der Waals surface area contributed by atoms with E-state index < -0.39 is 17.7 Å². The summed E-state index contributed by atoms with van der Waals surface area (Å²) in [6.07, 6.45) is 2.83. The van der Waals surface area contributed by atoms with E-state index in [1.54, 1.807) is 6.92 Å². The van der Waals surface area contributed by atoms with E-state index in [0.717, 1.165) is 16.5 Å². The van der Waals surface area contributed by atoms with E-state index in [4.69, 9.17) is 16.2 Å². The van der Waals surface area contributed by atoms with Crippen molar-refractivity contribution in [2.75, 3.05) is 0 Å². The van der Waals surface area contributed by atoms with E-state index >= 15 is 0 Å². The van der Waals surface area contributed by atoms with Crippen LogP contribution in [0, 0.1) is 0 Å². The van der Waals surface area contributed by atoms with E-state index in [-0.39, 0.29) is 0 Å². The lowest BCUT2D eigenvalue weighted by atomic mass is 10.1. The van der Waals surface area contributed by atoms with Gasteiger partial charge in [-0.25, -0.2) is 0 Å². The number of para-hydroxylation sites is 1. The van der Waals surface area contributed by atoms with Gasteiger partial charge in [0.1, 0.15) is 6.04 Å². The molecule has 2 aromatic rings. The Morgan fingerprint density at radius 1 is 1.45 bits per heavy atom. The van der Waals surface area contributed by atoms with Gasteiger partial charge in [0.15, 0.2) is 5.72 Å². The van der Waals surface area contributed by atoms with Crippen LogP contribution in [0.5, 0.6) is 0 Å². The van der Waals surface area contributed by atoms with Gasteiger partial charge in [-0.1, -0.05) is 25.1 Å². The highest BCUT2D eigenvalue weighted by Gasteiger charge is 2.25. The van der Waals surface area contributed by atoms with Crippen molar-refractivity contribution < 1.29 is 9.53 Å². The third-order valence-corrected chi connectivity index (χ3v) is 3.45. The lowest BCUT2D eigenvalue weighted by Crippen LogP contribution is -2.46. The largest absolute Gasteiger partial charge is 0.443 e. The minimum atomic E-state index is -0.963. The number of hydrogen-bond donors (Lipinski definition) is 3. The Morgan fingerprint density at radius 3 is 2.85 bits per heavy atom. The molecule has 1 unspecified atom stereocenters. The fourth-order valence-corrected chi connectivity index (χ4v) is 2.00. The molecule has 2 atom stereocenters. The van der Waals surface area contributed by atoms with Crippen LogP contribution in [0.4, 0.5) is 0 Å². The van der Waals surface area contributed by atoms with Crippen molar-refractivity contribution in [3.63, 3.8) is 0 Å². The molecule has 1 heterocycles. The standard InChI is InChI=1S/C15H21N3O2/c1-3-15(2,17)20-14(19)12(16)8-10-9-18-13-7-5-4-6-11(10)13/h4-7,9,12,18H,3,8,16-17H2,1-2H3/t12-,15?/m0/s1. The Balaban J connectivity index is 2.08. The van der Waals surface area contributed by atoms with Crippen molar-refractivity contribution in [1.82, 2.24) is 4.98 Å². The predicted octanol–water partition coefficient (Wildman–Crippen LogP) is 1.67. The quantitative estimate of drug-likeness (QED) is 0.571. The van der Waals surface area contributed by atoms with E-state index in [1.807, 2.05) is 37.4 Å². The lowest BCUT2D eigenvalue weighted by molar-refractivity contribution is -0.159. The van der Waals surface area contributed by atoms with E-state index in [9.17, 15) is 4.79 Å². The number of nitrogens with two attached hydrogens (primary N) is 2. The first-order valence-electron chi connectivity index (χ1n) is 6.75. The molecule has 1 aromatic carbocycles. The molecule has 0 radical (unpaired) electrons. The number of hydrogen-bond acceptors (Lipinski definition) is 4. The summed E-state index contributed by atoms with van der Waals surface area (Å²) in [6.45, 7) is 3.53. The summed E-state index contributed by atoms with van der Waals surface area (Å²) >= 11 is 0. The van der Waals surface area contributed by atoms with Gasteiger partial charge in [0, 0.05) is 23.5 Å². The van der Waals surface area contributed by atoms with Crippen LogP contribution in [0.15, 0.2) is 30.5 Å². The molecule has 0 aliphatic heterocycles. The van der Waals surface area contributed by atoms with Crippen LogP contribution in [-0.4, -0.2) is 22.7 Å². The van der Waals surface area contributed by atoms with Gasteiger partial charge in [-0.15, -0.1) is 0 Å². The molecule has 0 amide bonds. The summed E-state index contributed by atoms with van der Waals surface area (Å²) < 4.78 is 5.21. The highest BCUT2D eigenvalue weighted by molar-refractivity contribution is 5.84. The number of rotatable bonds is 5. The van der Waals surface area contributed by atoms with Gasteiger partial charge in [0.25, 0.3) is 0 Å². The molecule has 2 rings (SSSR count). The maximum atomic E-state index is 11.9. The molecule has 108 valence electrons. The summed E-state index contributed by atoms with van der Waals surface area (Å²) in [4.78, 5) is 15.1. The summed E-state index contributed by atoms with van der Waals surface area (Å²) in [7, 11) is 0. The average molecular weight is 275 g/mol. The fraction of sp³-hybridized carbons (Fsp3) is 0.400. The van der Waals surface area contributed by atoms with Gasteiger partial charge in [0.05, 0.1) is 0 Å². The molecule has 0 saturated carbocycles. The zero-order valence-electron chi connectivity index (χ0n) is 11.8. The molecule has 5 heteroatoms. The molecular formula is C15H21N3O2. The SMILES string of the molecule is CCC(C)(N)OC(=O)[C@@H](N)Cc1c[nH]c2ccccc12. The number of H-pyrrole nitrogens is 1. The van der Waals surface area contributed by atoms with Crippen LogP contribution >= 0.6 is 0 Å². The monoisotopic (exact) mass is 275 g/mol. The zero-order chi connectivity index (χ0) is 14.8. The average Bonchev–Trinajstić information content (AvgIpc) is 2.82. The first kappa shape index (κ1) is 14.6. The molecule has 20 heavy (non-hydrogen) atoms. The van der Waals surface area contributed by atoms with Crippen LogP contribution in [-0.2, 0) is 16.0 Å². The maximum Gasteiger partial charge on any atom is 0.325 e. The molecule has 5 N–H and O–H groups in total. The summed E-state index contributed by atoms with van der Waals surface area (Å²) in [5.41, 5.74) is 12.8. The second-order valence-corrected chi connectivity index (χ2v) is 5.26. The first-order valence-corrected chi connectivity index (χ1v) is 6.75. The lowest BCUT2D eigenvalue weighted by Gasteiger charge is -2.24. The highest BCUT2D eigenvalue weighted by atomic mass is 16.6. The molecular weight excluding hydrogens is 254 g/mol. The molecule has 0 spiro atoms. The number of aromatic amines is 1. The molecule has 0 fully saturated rings. The van der Waals surface area contributed by atoms with E-state index in [2.05, 4.69) is 4.98 Å². The molecule has 0 aliphatic carbocycles. The van der Waals surface area contributed by atoms with Crippen LogP contribution in [0.3, 0.4) is 0 Å². The van der Waals surface area contributed by atoms with Crippen molar-refractivity contribution in [2.45, 2.75) is 38.5 Å². The minimum absolute atomic E-state index is 0.419. The Morgan fingerprint density at radius 2 is 2.15 bits per heavy atom. The number of carbonyl (C=O) groups excluding carboxylic acids is 1. The van der Waals surface area contributed by atoms with E-state index in [1.165, 1.54) is 0 Å². The highest BCUT2D eigenvalue weighted by Crippen LogP contribution is 2.19. The molecule has 0 saturated heterocycles. The predicted molar refractivity (Wildman–Crippen MR) is 79.0 cm³/mol. The van der Waals surface area contributed by atoms with Crippen molar-refractivity contribution >= 4 is 16.9 Å². The molecule has 0 bridgehead atoms. The van der Waals surface area contributed by atoms with Crippen molar-refractivity contribution in [3.05, 3.63) is 36.0 Å². The second-order valence-electron chi connectivity index (χ2n) is 5.26. The van der Waals surface area contributed by atoms with Crippen molar-refractivity contribution in [2.24, 2.45) is 11.5 Å². The zero-order valence-corrected chi connectivity index (χ0v) is 11.8. The van der Waals surface area contributed by atoms with Crippen LogP contribution in [0.25, 0.3) is 10.9 Å². The third-order valence-electron chi connectivity index (χ3n) is 3.45. The summed E-state index contributed by atoms with van der Waals surface area (Å²) in [6, 6.07) is 7.17. The Kier molecular flexibility index (Phi) is 4.11. The van der Waals surface area contributed by atoms with Crippen molar-refractivity contribution in [3.8, 4) is 0 Å². The Hall–Kier alpha value is -1.85. The van der Waals surface area contributed by atoms with Crippen LogP contribution < -0.4 is 11.5 Å². The van der Waals surface area contributed by atoms with E-state index in [0.29, 0.717) is 12.8 Å². The Bertz CT molecular complexity index is 604. The summed E-state index contributed by atoms with van der Waals surface area (Å²) in [5.74, 6) is -0.470. The first-order chi connectivity index (χ1) is 9.43. The second kappa shape index (κ2) is 5.64.